The van der Waals surface area contributed by atoms with Crippen molar-refractivity contribution in [1.82, 2.24) is 19.9 Å². The van der Waals surface area contributed by atoms with Crippen LogP contribution in [0.1, 0.15) is 95.5 Å². The van der Waals surface area contributed by atoms with Gasteiger partial charge in [-0.25, -0.2) is 0 Å². The SMILES string of the molecule is C[C@]12c3cccc(c3)OS(=O)(=O)Oc3cccc(c3)[C@](C)(c3ccc1[nH]3)c1ccc([nH]1)[C@@]1(C)c3cccc(c3)OS(=O)(=O)Oc3cccc(c3)[C@](C)(c3ccc1[nH]3)c1ccc2[nH]1. The molecule has 0 fully saturated rings. The zero-order valence-corrected chi connectivity index (χ0v) is 35.6. The highest BCUT2D eigenvalue weighted by molar-refractivity contribution is 7.82. The van der Waals surface area contributed by atoms with Gasteiger partial charge in [0.1, 0.15) is 23.0 Å². The molecule has 0 atom stereocenters. The number of H-pyrrole nitrogens is 4. The minimum Gasteiger partial charge on any atom is -0.360 e. The van der Waals surface area contributed by atoms with Crippen LogP contribution in [0.2, 0.25) is 0 Å². The molecule has 3 aliphatic rings. The van der Waals surface area contributed by atoms with Crippen LogP contribution in [0.4, 0.5) is 0 Å². The summed E-state index contributed by atoms with van der Waals surface area (Å²) in [6.45, 7) is 8.29. The average molecular weight is 865 g/mol. The lowest BCUT2D eigenvalue weighted by Crippen LogP contribution is -2.32. The fourth-order valence-corrected chi connectivity index (χ4v) is 11.1. The van der Waals surface area contributed by atoms with Gasteiger partial charge in [0.2, 0.25) is 0 Å². The fraction of sp³-hybridized carbons (Fsp3) is 0.167. The van der Waals surface area contributed by atoms with Gasteiger partial charge in [0, 0.05) is 45.6 Å². The van der Waals surface area contributed by atoms with E-state index < -0.39 is 42.5 Å². The summed E-state index contributed by atoms with van der Waals surface area (Å²) in [6.07, 6.45) is 0. The molecule has 4 aromatic heterocycles. The number of hydrogen-bond donors (Lipinski definition) is 4. The molecule has 11 rings (SSSR count). The van der Waals surface area contributed by atoms with Crippen LogP contribution in [0.3, 0.4) is 0 Å². The summed E-state index contributed by atoms with van der Waals surface area (Å²) in [5.74, 6) is 0.306. The van der Waals surface area contributed by atoms with Gasteiger partial charge in [-0.05, 0) is 147 Å². The third-order valence-corrected chi connectivity index (χ3v) is 15.1. The van der Waals surface area contributed by atoms with Crippen molar-refractivity contribution in [3.63, 3.8) is 0 Å². The normalized spacial score (nSPS) is 25.1. The van der Waals surface area contributed by atoms with E-state index in [2.05, 4.69) is 71.9 Å². The minimum absolute atomic E-state index is 0.0765. The van der Waals surface area contributed by atoms with E-state index >= 15 is 0 Å². The first-order chi connectivity index (χ1) is 29.6. The van der Waals surface area contributed by atoms with Gasteiger partial charge in [-0.1, -0.05) is 48.5 Å². The molecule has 20 bridgehead atoms. The van der Waals surface area contributed by atoms with Crippen molar-refractivity contribution in [2.75, 3.05) is 0 Å². The summed E-state index contributed by atoms with van der Waals surface area (Å²) >= 11 is 0. The molecule has 0 amide bonds. The van der Waals surface area contributed by atoms with Crippen LogP contribution in [0.5, 0.6) is 23.0 Å². The molecule has 0 saturated carbocycles. The Morgan fingerprint density at radius 2 is 0.516 bits per heavy atom. The lowest BCUT2D eigenvalue weighted by molar-refractivity contribution is 0.389. The molecule has 62 heavy (non-hydrogen) atoms. The van der Waals surface area contributed by atoms with Crippen LogP contribution >= 0.6 is 0 Å². The fourth-order valence-electron chi connectivity index (χ4n) is 9.68. The molecule has 4 N–H and O–H groups in total. The van der Waals surface area contributed by atoms with Gasteiger partial charge in [0.05, 0.1) is 21.7 Å². The van der Waals surface area contributed by atoms with E-state index in [0.29, 0.717) is 0 Å². The van der Waals surface area contributed by atoms with Crippen LogP contribution in [0.25, 0.3) is 0 Å². The van der Waals surface area contributed by atoms with Crippen molar-refractivity contribution in [1.29, 1.82) is 0 Å². The maximum Gasteiger partial charge on any atom is 0.500 e. The Hall–Kier alpha value is -6.90. The minimum atomic E-state index is -4.58. The molecular weight excluding hydrogens is 825 g/mol. The van der Waals surface area contributed by atoms with Gasteiger partial charge in [-0.2, -0.15) is 0 Å². The van der Waals surface area contributed by atoms with Gasteiger partial charge >= 0.3 is 20.8 Å². The Labute approximate surface area is 358 Å². The Balaban J connectivity index is 1.28. The summed E-state index contributed by atoms with van der Waals surface area (Å²) in [5, 5.41) is 0. The monoisotopic (exact) mass is 864 g/mol. The molecule has 14 heteroatoms. The van der Waals surface area contributed by atoms with Crippen LogP contribution in [0.15, 0.2) is 146 Å². The highest BCUT2D eigenvalue weighted by Crippen LogP contribution is 2.49. The van der Waals surface area contributed by atoms with Gasteiger partial charge < -0.3 is 36.7 Å². The molecule has 8 aromatic rings. The number of benzene rings is 4. The van der Waals surface area contributed by atoms with Crippen molar-refractivity contribution >= 4 is 20.8 Å². The second kappa shape index (κ2) is 12.8. The summed E-state index contributed by atoms with van der Waals surface area (Å²) in [6, 6.07) is 44.3. The number of hydrogen-bond acceptors (Lipinski definition) is 8. The number of aromatic nitrogens is 4. The van der Waals surface area contributed by atoms with Crippen LogP contribution in [-0.4, -0.2) is 36.8 Å². The smallest absolute Gasteiger partial charge is 0.360 e. The highest BCUT2D eigenvalue weighted by atomic mass is 32.3. The van der Waals surface area contributed by atoms with Crippen LogP contribution in [0, 0.1) is 0 Å². The maximum absolute atomic E-state index is 13.6. The molecule has 0 radical (unpaired) electrons. The van der Waals surface area contributed by atoms with Crippen molar-refractivity contribution < 1.29 is 33.6 Å². The Morgan fingerprint density at radius 3 is 0.710 bits per heavy atom. The quantitative estimate of drug-likeness (QED) is 0.117. The second-order valence-electron chi connectivity index (χ2n) is 16.9. The van der Waals surface area contributed by atoms with E-state index in [1.54, 1.807) is 72.8 Å². The molecule has 4 aromatic carbocycles. The van der Waals surface area contributed by atoms with E-state index in [0.717, 1.165) is 67.8 Å². The first-order valence-corrected chi connectivity index (χ1v) is 22.7. The first kappa shape index (κ1) is 38.1. The first-order valence-electron chi connectivity index (χ1n) is 20.1. The van der Waals surface area contributed by atoms with Gasteiger partial charge in [0.25, 0.3) is 0 Å². The van der Waals surface area contributed by atoms with Crippen molar-refractivity contribution in [2.24, 2.45) is 0 Å². The molecule has 0 aliphatic carbocycles. The maximum atomic E-state index is 13.6. The predicted molar refractivity (Wildman–Crippen MR) is 232 cm³/mol. The highest BCUT2D eigenvalue weighted by Gasteiger charge is 2.44. The van der Waals surface area contributed by atoms with Crippen molar-refractivity contribution in [3.05, 3.63) is 213 Å². The summed E-state index contributed by atoms with van der Waals surface area (Å²) in [5.41, 5.74) is 5.43. The number of rotatable bonds is 0. The molecule has 7 heterocycles. The number of nitrogens with one attached hydrogen (secondary N) is 4. The Kier molecular flexibility index (Phi) is 7.87. The van der Waals surface area contributed by atoms with Crippen LogP contribution in [-0.2, 0) is 42.5 Å². The second-order valence-corrected chi connectivity index (χ2v) is 19.2. The molecular formula is C48H40N4O8S2. The average Bonchev–Trinajstić information content (AvgIpc) is 4.09. The molecule has 312 valence electrons. The van der Waals surface area contributed by atoms with E-state index in [4.69, 9.17) is 16.7 Å². The topological polar surface area (TPSA) is 168 Å². The van der Waals surface area contributed by atoms with E-state index in [-0.39, 0.29) is 23.0 Å². The number of aromatic amines is 4. The largest absolute Gasteiger partial charge is 0.500 e. The summed E-state index contributed by atoms with van der Waals surface area (Å²) in [7, 11) is -9.17. The lowest BCUT2D eigenvalue weighted by Gasteiger charge is -2.34. The Bertz CT molecular complexity index is 2930. The molecule has 0 spiro atoms. The molecule has 3 aliphatic heterocycles. The van der Waals surface area contributed by atoms with Crippen molar-refractivity contribution in [3.8, 4) is 23.0 Å². The Morgan fingerprint density at radius 1 is 0.323 bits per heavy atom. The van der Waals surface area contributed by atoms with Crippen LogP contribution < -0.4 is 16.7 Å². The van der Waals surface area contributed by atoms with Gasteiger partial charge in [-0.3, -0.25) is 0 Å². The number of fused-ring (bicyclic) bond motifs is 20. The third-order valence-electron chi connectivity index (χ3n) is 13.5. The lowest BCUT2D eigenvalue weighted by atomic mass is 9.76. The molecule has 0 saturated heterocycles. The van der Waals surface area contributed by atoms with Gasteiger partial charge in [-0.15, -0.1) is 16.8 Å². The third kappa shape index (κ3) is 5.55. The standard InChI is InChI=1S/C48H40N4O8S2/c1-45-29-9-5-13-33(25-29)57-61(53,54)58-34-14-6-10-30(26-34)46(2,38-18-17-37(45)49-38)43-23-24-44(52-43)48(4)32-12-8-16-36(28-32)60-62(55,56)59-35-15-7-11-31(27-35)47(3,39-19-20-40(48)50-39)42-22-21-41(45)51-42/h5-28,49-52H,1-4H3/t45-,46+,47+,48-. The molecule has 0 unspecified atom stereocenters. The van der Waals surface area contributed by atoms with E-state index in [9.17, 15) is 16.8 Å². The van der Waals surface area contributed by atoms with E-state index in [1.165, 1.54) is 0 Å². The summed E-state index contributed by atoms with van der Waals surface area (Å²) < 4.78 is 77.0. The predicted octanol–water partition coefficient (Wildman–Crippen LogP) is 8.76. The zero-order valence-electron chi connectivity index (χ0n) is 33.9. The zero-order chi connectivity index (χ0) is 42.9. The molecule has 12 nitrogen and oxygen atoms in total. The van der Waals surface area contributed by atoms with Gasteiger partial charge in [0.15, 0.2) is 0 Å². The van der Waals surface area contributed by atoms with E-state index in [1.807, 2.05) is 48.5 Å². The summed E-state index contributed by atoms with van der Waals surface area (Å²) in [4.78, 5) is 15.4. The van der Waals surface area contributed by atoms with Crippen molar-refractivity contribution in [2.45, 2.75) is 49.4 Å².